The molecule has 1 unspecified atom stereocenters. The molecule has 31 heavy (non-hydrogen) atoms. The monoisotopic (exact) mass is 415 g/mol. The molecular formula is C21H17N7O3. The second kappa shape index (κ2) is 6.94. The van der Waals surface area contributed by atoms with Crippen LogP contribution in [0, 0.1) is 0 Å². The van der Waals surface area contributed by atoms with Crippen LogP contribution >= 0.6 is 0 Å². The Bertz CT molecular complexity index is 1220. The average Bonchev–Trinajstić information content (AvgIpc) is 3.58. The third kappa shape index (κ3) is 3.00. The molecule has 1 amide bonds. The van der Waals surface area contributed by atoms with E-state index in [2.05, 4.69) is 31.8 Å². The summed E-state index contributed by atoms with van der Waals surface area (Å²) in [4.78, 5) is 18.7. The SMILES string of the molecule is O=C1O[C@@H](CNc2ccon2)C2Cc3cc(-c4ccc(-n5ccnn5)nc4)ccc3N12. The number of carbonyl (C=O) groups excluding carboxylic acids is 1. The molecule has 0 aliphatic carbocycles. The Morgan fingerprint density at radius 2 is 2.10 bits per heavy atom. The smallest absolute Gasteiger partial charge is 0.415 e. The fourth-order valence-electron chi connectivity index (χ4n) is 4.16. The average molecular weight is 415 g/mol. The van der Waals surface area contributed by atoms with Gasteiger partial charge in [-0.05, 0) is 41.8 Å². The van der Waals surface area contributed by atoms with E-state index in [1.165, 1.54) is 6.26 Å². The summed E-state index contributed by atoms with van der Waals surface area (Å²) in [5.74, 6) is 1.32. The van der Waals surface area contributed by atoms with Gasteiger partial charge in [0.15, 0.2) is 11.6 Å². The number of pyridine rings is 1. The minimum atomic E-state index is -0.317. The first-order chi connectivity index (χ1) is 15.3. The number of anilines is 2. The number of cyclic esters (lactones) is 1. The summed E-state index contributed by atoms with van der Waals surface area (Å²) < 4.78 is 12.0. The molecule has 5 heterocycles. The molecule has 3 aromatic heterocycles. The van der Waals surface area contributed by atoms with Gasteiger partial charge in [-0.1, -0.05) is 16.4 Å². The van der Waals surface area contributed by atoms with Gasteiger partial charge in [-0.25, -0.2) is 14.5 Å². The molecule has 0 radical (unpaired) electrons. The normalized spacial score (nSPS) is 19.2. The fraction of sp³-hybridized carbons (Fsp3) is 0.190. The number of hydrogen-bond donors (Lipinski definition) is 1. The maximum absolute atomic E-state index is 12.5. The molecule has 2 atom stereocenters. The molecule has 0 bridgehead atoms. The first-order valence-electron chi connectivity index (χ1n) is 9.86. The van der Waals surface area contributed by atoms with E-state index in [0.29, 0.717) is 18.2 Å². The van der Waals surface area contributed by atoms with Crippen LogP contribution in [0.15, 0.2) is 65.8 Å². The molecule has 4 aromatic rings. The Kier molecular flexibility index (Phi) is 3.95. The lowest BCUT2D eigenvalue weighted by Gasteiger charge is -2.16. The van der Waals surface area contributed by atoms with Crippen molar-refractivity contribution in [2.75, 3.05) is 16.8 Å². The zero-order valence-electron chi connectivity index (χ0n) is 16.3. The minimum absolute atomic E-state index is 0.0510. The van der Waals surface area contributed by atoms with E-state index in [9.17, 15) is 4.79 Å². The van der Waals surface area contributed by atoms with Crippen molar-refractivity contribution in [3.8, 4) is 16.9 Å². The van der Waals surface area contributed by atoms with Crippen molar-refractivity contribution in [1.82, 2.24) is 25.1 Å². The van der Waals surface area contributed by atoms with E-state index in [-0.39, 0.29) is 18.2 Å². The minimum Gasteiger partial charge on any atom is -0.442 e. The number of aromatic nitrogens is 5. The highest BCUT2D eigenvalue weighted by Crippen LogP contribution is 2.40. The second-order valence-corrected chi connectivity index (χ2v) is 7.43. The Balaban J connectivity index is 1.23. The van der Waals surface area contributed by atoms with Crippen molar-refractivity contribution in [2.45, 2.75) is 18.6 Å². The van der Waals surface area contributed by atoms with Crippen LogP contribution in [-0.2, 0) is 11.2 Å². The standard InChI is InChI=1S/C21H17N7O3/c29-21-28-16-3-1-13(14-2-4-20(23-11-14)27-7-6-24-26-27)9-15(16)10-17(28)18(31-21)12-22-19-5-8-30-25-19/h1-9,11,17-18H,10,12H2,(H,22,25)/t17?,18-/m0/s1. The second-order valence-electron chi connectivity index (χ2n) is 7.43. The van der Waals surface area contributed by atoms with Gasteiger partial charge >= 0.3 is 6.09 Å². The predicted octanol–water partition coefficient (Wildman–Crippen LogP) is 2.68. The zero-order valence-corrected chi connectivity index (χ0v) is 16.3. The Hall–Kier alpha value is -4.21. The van der Waals surface area contributed by atoms with E-state index in [0.717, 1.165) is 28.8 Å². The highest BCUT2D eigenvalue weighted by atomic mass is 16.6. The number of nitrogens with one attached hydrogen (secondary N) is 1. The van der Waals surface area contributed by atoms with Crippen LogP contribution < -0.4 is 10.2 Å². The molecule has 1 fully saturated rings. The number of amides is 1. The summed E-state index contributed by atoms with van der Waals surface area (Å²) >= 11 is 0. The summed E-state index contributed by atoms with van der Waals surface area (Å²) in [5, 5.41) is 14.7. The van der Waals surface area contributed by atoms with E-state index in [1.807, 2.05) is 30.5 Å². The fourth-order valence-corrected chi connectivity index (χ4v) is 4.16. The van der Waals surface area contributed by atoms with Gasteiger partial charge < -0.3 is 14.6 Å². The number of carbonyl (C=O) groups is 1. The van der Waals surface area contributed by atoms with Gasteiger partial charge in [0, 0.05) is 17.8 Å². The third-order valence-corrected chi connectivity index (χ3v) is 5.64. The molecule has 1 aromatic carbocycles. The van der Waals surface area contributed by atoms with Crippen molar-refractivity contribution >= 4 is 17.6 Å². The number of nitrogens with zero attached hydrogens (tertiary/aromatic N) is 6. The molecule has 2 aliphatic heterocycles. The first kappa shape index (κ1) is 17.6. The van der Waals surface area contributed by atoms with Crippen LogP contribution in [0.2, 0.25) is 0 Å². The lowest BCUT2D eigenvalue weighted by Crippen LogP contribution is -2.36. The van der Waals surface area contributed by atoms with Gasteiger partial charge in [0.1, 0.15) is 12.4 Å². The number of ether oxygens (including phenoxy) is 1. The maximum Gasteiger partial charge on any atom is 0.415 e. The topological polar surface area (TPSA) is 111 Å². The first-order valence-corrected chi connectivity index (χ1v) is 9.86. The molecule has 10 nitrogen and oxygen atoms in total. The van der Waals surface area contributed by atoms with Crippen LogP contribution in [0.4, 0.5) is 16.3 Å². The Morgan fingerprint density at radius 1 is 1.16 bits per heavy atom. The van der Waals surface area contributed by atoms with Gasteiger partial charge in [0.25, 0.3) is 0 Å². The van der Waals surface area contributed by atoms with E-state index < -0.39 is 0 Å². The van der Waals surface area contributed by atoms with Gasteiger partial charge in [0.05, 0.1) is 30.7 Å². The van der Waals surface area contributed by atoms with Crippen molar-refractivity contribution in [1.29, 1.82) is 0 Å². The highest BCUT2D eigenvalue weighted by Gasteiger charge is 2.47. The molecule has 6 rings (SSSR count). The van der Waals surface area contributed by atoms with Crippen LogP contribution in [0.25, 0.3) is 16.9 Å². The maximum atomic E-state index is 12.5. The largest absolute Gasteiger partial charge is 0.442 e. The number of benzene rings is 1. The Labute approximate surface area is 176 Å². The summed E-state index contributed by atoms with van der Waals surface area (Å²) in [6.45, 7) is 0.466. The van der Waals surface area contributed by atoms with Crippen LogP contribution in [-0.4, -0.2) is 49.9 Å². The van der Waals surface area contributed by atoms with Crippen molar-refractivity contribution < 1.29 is 14.1 Å². The van der Waals surface area contributed by atoms with Crippen LogP contribution in [0.3, 0.4) is 0 Å². The molecule has 2 aliphatic rings. The summed E-state index contributed by atoms with van der Waals surface area (Å²) in [6.07, 6.45) is 6.80. The van der Waals surface area contributed by atoms with E-state index >= 15 is 0 Å². The molecule has 1 saturated heterocycles. The van der Waals surface area contributed by atoms with Gasteiger partial charge in [0.2, 0.25) is 0 Å². The lowest BCUT2D eigenvalue weighted by molar-refractivity contribution is 0.137. The summed E-state index contributed by atoms with van der Waals surface area (Å²) in [5.41, 5.74) is 4.05. The van der Waals surface area contributed by atoms with E-state index in [4.69, 9.17) is 9.26 Å². The van der Waals surface area contributed by atoms with Gasteiger partial charge in [-0.15, -0.1) is 5.10 Å². The molecule has 154 valence electrons. The van der Waals surface area contributed by atoms with Crippen molar-refractivity contribution in [3.05, 3.63) is 66.8 Å². The number of hydrogen-bond acceptors (Lipinski definition) is 8. The lowest BCUT2D eigenvalue weighted by atomic mass is 10.0. The quantitative estimate of drug-likeness (QED) is 0.530. The molecule has 10 heteroatoms. The van der Waals surface area contributed by atoms with E-state index in [1.54, 1.807) is 28.0 Å². The zero-order chi connectivity index (χ0) is 20.8. The van der Waals surface area contributed by atoms with Crippen LogP contribution in [0.5, 0.6) is 0 Å². The molecule has 0 saturated carbocycles. The van der Waals surface area contributed by atoms with Gasteiger partial charge in [-0.2, -0.15) is 0 Å². The summed E-state index contributed by atoms with van der Waals surface area (Å²) in [7, 11) is 0. The van der Waals surface area contributed by atoms with Gasteiger partial charge in [-0.3, -0.25) is 4.90 Å². The number of rotatable bonds is 5. The predicted molar refractivity (Wildman–Crippen MR) is 110 cm³/mol. The molecule has 0 spiro atoms. The van der Waals surface area contributed by atoms with Crippen molar-refractivity contribution in [3.63, 3.8) is 0 Å². The number of fused-ring (bicyclic) bond motifs is 3. The Morgan fingerprint density at radius 3 is 2.87 bits per heavy atom. The third-order valence-electron chi connectivity index (χ3n) is 5.64. The van der Waals surface area contributed by atoms with Crippen LogP contribution in [0.1, 0.15) is 5.56 Å². The summed E-state index contributed by atoms with van der Waals surface area (Å²) in [6, 6.07) is 11.7. The molecular weight excluding hydrogens is 398 g/mol. The highest BCUT2D eigenvalue weighted by molar-refractivity contribution is 5.94. The van der Waals surface area contributed by atoms with Crippen molar-refractivity contribution in [2.24, 2.45) is 0 Å². The molecule has 1 N–H and O–H groups in total.